The number of hydrogen-bond acceptors (Lipinski definition) is 7. The number of nitrogens with zero attached hydrogens (tertiary/aromatic N) is 1. The number of carbonyl (C=O) groups excluding carboxylic acids is 2. The first-order valence-electron chi connectivity index (χ1n) is 5.38. The molecule has 4 atom stereocenters. The highest BCUT2D eigenvalue weighted by Crippen LogP contribution is 2.12. The fraction of sp³-hybridized carbons (Fsp3) is 0.700. The molecule has 8 nitrogen and oxygen atoms in total. The van der Waals surface area contributed by atoms with E-state index < -0.39 is 24.4 Å². The van der Waals surface area contributed by atoms with Gasteiger partial charge in [0.2, 0.25) is 0 Å². The van der Waals surface area contributed by atoms with Gasteiger partial charge in [0, 0.05) is 0 Å². The molecule has 2 aliphatic heterocycles. The predicted octanol–water partition coefficient (Wildman–Crippen LogP) is -2.80. The lowest BCUT2D eigenvalue weighted by Gasteiger charge is -2.10. The normalized spacial score (nSPS) is 33.9. The highest BCUT2D eigenvalue weighted by molar-refractivity contribution is 6.11. The minimum Gasteiger partial charge on any atom is -0.394 e. The van der Waals surface area contributed by atoms with Gasteiger partial charge in [0.15, 0.2) is 11.8 Å². The van der Waals surface area contributed by atoms with E-state index in [1.54, 1.807) is 0 Å². The van der Waals surface area contributed by atoms with Gasteiger partial charge in [-0.25, -0.2) is 0 Å². The number of nitrogens with one attached hydrogen (secondary N) is 1. The van der Waals surface area contributed by atoms with Crippen molar-refractivity contribution in [1.29, 1.82) is 0 Å². The molecule has 1 amide bonds. The van der Waals surface area contributed by atoms with E-state index in [0.29, 0.717) is 0 Å². The first-order chi connectivity index (χ1) is 8.47. The van der Waals surface area contributed by atoms with Crippen LogP contribution in [0.1, 0.15) is 6.92 Å². The molecule has 1 unspecified atom stereocenters. The minimum atomic E-state index is -0.921. The van der Waals surface area contributed by atoms with Gasteiger partial charge in [-0.05, 0) is 6.92 Å². The summed E-state index contributed by atoms with van der Waals surface area (Å²) in [6.07, 6.45) is -1.11. The van der Waals surface area contributed by atoms with Gasteiger partial charge in [-0.15, -0.1) is 0 Å². The highest BCUT2D eigenvalue weighted by Gasteiger charge is 2.33. The smallest absolute Gasteiger partial charge is 0.257 e. The second-order valence-corrected chi connectivity index (χ2v) is 3.91. The third-order valence-corrected chi connectivity index (χ3v) is 2.50. The van der Waals surface area contributed by atoms with Gasteiger partial charge in [0.25, 0.3) is 5.91 Å². The Kier molecular flexibility index (Phi) is 5.35. The molecule has 2 heterocycles. The molecular weight excluding hydrogens is 244 g/mol. The molecule has 18 heavy (non-hydrogen) atoms. The number of ketones is 1. The highest BCUT2D eigenvalue weighted by atomic mass is 16.5. The molecule has 0 aromatic heterocycles. The van der Waals surface area contributed by atoms with Gasteiger partial charge in [0.05, 0.1) is 19.6 Å². The maximum atomic E-state index is 10.6. The molecule has 0 aromatic carbocycles. The zero-order valence-electron chi connectivity index (χ0n) is 9.81. The average Bonchev–Trinajstić information content (AvgIpc) is 2.88. The Morgan fingerprint density at radius 2 is 2.28 bits per heavy atom. The number of aliphatic imine (C=N–C) groups is 1. The number of aliphatic hydroxyl groups is 3. The van der Waals surface area contributed by atoms with Gasteiger partial charge in [-0.2, -0.15) is 0 Å². The minimum absolute atomic E-state index is 0.117. The first kappa shape index (κ1) is 14.7. The predicted molar refractivity (Wildman–Crippen MR) is 59.9 cm³/mol. The van der Waals surface area contributed by atoms with Crippen LogP contribution in [0.3, 0.4) is 0 Å². The largest absolute Gasteiger partial charge is 0.394 e. The molecule has 0 aliphatic carbocycles. The molecule has 0 radical (unpaired) electrons. The van der Waals surface area contributed by atoms with Crippen LogP contribution < -0.4 is 5.32 Å². The van der Waals surface area contributed by atoms with Crippen LogP contribution in [0, 0.1) is 0 Å². The number of amides is 1. The van der Waals surface area contributed by atoms with Crippen molar-refractivity contribution in [1.82, 2.24) is 5.32 Å². The third kappa shape index (κ3) is 3.57. The summed E-state index contributed by atoms with van der Waals surface area (Å²) in [7, 11) is 0. The van der Waals surface area contributed by atoms with Gasteiger partial charge in [-0.3, -0.25) is 14.6 Å². The van der Waals surface area contributed by atoms with Crippen LogP contribution in [0.15, 0.2) is 4.99 Å². The van der Waals surface area contributed by atoms with E-state index >= 15 is 0 Å². The summed E-state index contributed by atoms with van der Waals surface area (Å²) in [5.41, 5.74) is 0. The molecule has 2 aliphatic rings. The van der Waals surface area contributed by atoms with Gasteiger partial charge in [-0.1, -0.05) is 0 Å². The Labute approximate surface area is 103 Å². The number of hydrogen-bond donors (Lipinski definition) is 4. The molecule has 0 spiro atoms. The van der Waals surface area contributed by atoms with Crippen LogP contribution >= 0.6 is 0 Å². The quantitative estimate of drug-likeness (QED) is 0.397. The van der Waals surface area contributed by atoms with E-state index in [4.69, 9.17) is 20.1 Å². The molecule has 1 fully saturated rings. The van der Waals surface area contributed by atoms with Crippen LogP contribution in [0.2, 0.25) is 0 Å². The molecule has 0 bridgehead atoms. The van der Waals surface area contributed by atoms with Crippen molar-refractivity contribution >= 4 is 18.0 Å². The lowest BCUT2D eigenvalue weighted by Crippen LogP contribution is -2.31. The summed E-state index contributed by atoms with van der Waals surface area (Å²) in [5, 5.41) is 28.5. The number of rotatable bonds is 2. The summed E-state index contributed by atoms with van der Waals surface area (Å²) >= 11 is 0. The summed E-state index contributed by atoms with van der Waals surface area (Å²) in [6.45, 7) is 1.22. The maximum Gasteiger partial charge on any atom is 0.257 e. The summed E-state index contributed by atoms with van der Waals surface area (Å²) in [5.74, 6) is -0.552. The van der Waals surface area contributed by atoms with E-state index in [2.05, 4.69) is 10.3 Å². The summed E-state index contributed by atoms with van der Waals surface area (Å²) in [6, 6.07) is -0.787. The van der Waals surface area contributed by atoms with E-state index in [0.717, 1.165) is 0 Å². The van der Waals surface area contributed by atoms with Crippen LogP contribution in [0.25, 0.3) is 0 Å². The summed E-state index contributed by atoms with van der Waals surface area (Å²) < 4.78 is 4.78. The molecule has 102 valence electrons. The van der Waals surface area contributed by atoms with Crippen molar-refractivity contribution in [2.75, 3.05) is 13.2 Å². The number of carbonyl (C=O) groups is 2. The zero-order chi connectivity index (χ0) is 13.7. The maximum absolute atomic E-state index is 10.6. The monoisotopic (exact) mass is 260 g/mol. The van der Waals surface area contributed by atoms with Gasteiger partial charge in [0.1, 0.15) is 18.3 Å². The first-order valence-corrected chi connectivity index (χ1v) is 5.38. The Balaban J connectivity index is 0.000000180. The fourth-order valence-corrected chi connectivity index (χ4v) is 1.44. The second-order valence-electron chi connectivity index (χ2n) is 3.91. The topological polar surface area (TPSA) is 128 Å². The Hall–Kier alpha value is -1.35. The SMILES string of the molecule is CC(=O)C1N=CNC1=O.OC[C@H]1OC[C@H](O)[C@@H]1O. The van der Waals surface area contributed by atoms with Crippen LogP contribution in [0.4, 0.5) is 0 Å². The number of aliphatic hydroxyl groups excluding tert-OH is 3. The molecule has 0 aromatic rings. The van der Waals surface area contributed by atoms with Crippen molar-refractivity contribution in [2.24, 2.45) is 4.99 Å². The number of Topliss-reactive ketones (excluding diaryl/α,β-unsaturated/α-hetero) is 1. The summed E-state index contributed by atoms with van der Waals surface area (Å²) in [4.78, 5) is 24.6. The van der Waals surface area contributed by atoms with Crippen molar-refractivity contribution in [3.63, 3.8) is 0 Å². The zero-order valence-corrected chi connectivity index (χ0v) is 9.81. The second kappa shape index (κ2) is 6.55. The van der Waals surface area contributed by atoms with Crippen molar-refractivity contribution in [2.45, 2.75) is 31.3 Å². The Bertz CT molecular complexity index is 345. The van der Waals surface area contributed by atoms with Crippen LogP contribution in [0.5, 0.6) is 0 Å². The van der Waals surface area contributed by atoms with E-state index in [1.807, 2.05) is 0 Å². The van der Waals surface area contributed by atoms with Gasteiger partial charge >= 0.3 is 0 Å². The lowest BCUT2D eigenvalue weighted by atomic mass is 10.2. The number of ether oxygens (including phenoxy) is 1. The van der Waals surface area contributed by atoms with Crippen molar-refractivity contribution in [3.8, 4) is 0 Å². The van der Waals surface area contributed by atoms with E-state index in [1.165, 1.54) is 13.3 Å². The van der Waals surface area contributed by atoms with Crippen LogP contribution in [-0.4, -0.2) is 70.9 Å². The van der Waals surface area contributed by atoms with Crippen LogP contribution in [-0.2, 0) is 14.3 Å². The molecular formula is C10H16N2O6. The molecule has 4 N–H and O–H groups in total. The Morgan fingerprint density at radius 3 is 2.50 bits per heavy atom. The van der Waals surface area contributed by atoms with E-state index in [-0.39, 0.29) is 24.9 Å². The Morgan fingerprint density at radius 1 is 1.61 bits per heavy atom. The third-order valence-electron chi connectivity index (χ3n) is 2.50. The molecule has 2 rings (SSSR count). The lowest BCUT2D eigenvalue weighted by molar-refractivity contribution is -0.127. The average molecular weight is 260 g/mol. The molecule has 1 saturated heterocycles. The van der Waals surface area contributed by atoms with E-state index in [9.17, 15) is 9.59 Å². The molecule has 0 saturated carbocycles. The fourth-order valence-electron chi connectivity index (χ4n) is 1.44. The van der Waals surface area contributed by atoms with Gasteiger partial charge < -0.3 is 25.4 Å². The molecule has 8 heteroatoms. The standard InChI is InChI=1S/C5H6N2O2.C5H10O4/c1-3(8)4-5(9)7-2-6-4;6-1-4-5(8)3(7)2-9-4/h2,4H,1H3,(H,6,7,9);3-8H,1-2H2/t;3-,4+,5-/m.0/s1. The van der Waals surface area contributed by atoms with Crippen molar-refractivity contribution in [3.05, 3.63) is 0 Å². The van der Waals surface area contributed by atoms with Crippen molar-refractivity contribution < 1.29 is 29.6 Å².